The highest BCUT2D eigenvalue weighted by Gasteiger charge is 2.31. The molecule has 1 unspecified atom stereocenters. The molecule has 1 saturated carbocycles. The van der Waals surface area contributed by atoms with Crippen LogP contribution in [-0.2, 0) is 9.53 Å². The van der Waals surface area contributed by atoms with Crippen LogP contribution >= 0.6 is 24.0 Å². The fraction of sp³-hybridized carbons (Fsp3) is 0.913. The van der Waals surface area contributed by atoms with Crippen molar-refractivity contribution in [3.63, 3.8) is 0 Å². The minimum absolute atomic E-state index is 0. The molecule has 0 spiro atoms. The minimum Gasteiger partial charge on any atom is -0.381 e. The summed E-state index contributed by atoms with van der Waals surface area (Å²) < 4.78 is 5.52. The number of carbonyl (C=O) groups is 1. The molecule has 1 aliphatic carbocycles. The molecule has 3 saturated heterocycles. The zero-order valence-corrected chi connectivity index (χ0v) is 22.1. The van der Waals surface area contributed by atoms with Gasteiger partial charge in [-0.2, -0.15) is 0 Å². The Morgan fingerprint density at radius 3 is 2.34 bits per heavy atom. The zero-order chi connectivity index (χ0) is 21.5. The third kappa shape index (κ3) is 7.43. The molecule has 0 aromatic rings. The van der Waals surface area contributed by atoms with E-state index in [4.69, 9.17) is 4.74 Å². The summed E-state index contributed by atoms with van der Waals surface area (Å²) in [6.07, 6.45) is 7.00. The van der Waals surface area contributed by atoms with Gasteiger partial charge in [0.1, 0.15) is 0 Å². The summed E-state index contributed by atoms with van der Waals surface area (Å²) in [5.41, 5.74) is 0. The highest BCUT2D eigenvalue weighted by atomic mass is 127. The van der Waals surface area contributed by atoms with E-state index < -0.39 is 0 Å². The standard InChI is InChI=1S/C23H42N6O2.HI/c1-24-23(26-21-5-9-28(10-6-21)17-19-7-16-31-18-19)25-8-11-27-12-14-29(15-13-27)22(30)20-3-2-4-20;/h19-21H,2-18H2,1H3,(H2,24,25,26);1H. The SMILES string of the molecule is CN=C(NCCN1CCN(C(=O)C2CCC2)CC1)NC1CCN(CC2CCOC2)CC1.I. The zero-order valence-electron chi connectivity index (χ0n) is 19.8. The second-order valence-electron chi connectivity index (χ2n) is 9.74. The molecule has 0 radical (unpaired) electrons. The molecule has 8 nitrogen and oxygen atoms in total. The van der Waals surface area contributed by atoms with Crippen molar-refractivity contribution in [3.8, 4) is 0 Å². The van der Waals surface area contributed by atoms with Gasteiger partial charge in [0.2, 0.25) is 5.91 Å². The topological polar surface area (TPSA) is 72.4 Å². The van der Waals surface area contributed by atoms with Gasteiger partial charge >= 0.3 is 0 Å². The maximum Gasteiger partial charge on any atom is 0.225 e. The predicted molar refractivity (Wildman–Crippen MR) is 139 cm³/mol. The van der Waals surface area contributed by atoms with Gasteiger partial charge in [-0.3, -0.25) is 14.7 Å². The number of nitrogens with one attached hydrogen (secondary N) is 2. The lowest BCUT2D eigenvalue weighted by molar-refractivity contribution is -0.139. The molecule has 0 aromatic carbocycles. The molecule has 0 bridgehead atoms. The highest BCUT2D eigenvalue weighted by Crippen LogP contribution is 2.28. The number of piperidine rings is 1. The van der Waals surface area contributed by atoms with E-state index in [0.29, 0.717) is 17.9 Å². The molecular formula is C23H43IN6O2. The van der Waals surface area contributed by atoms with E-state index in [-0.39, 0.29) is 24.0 Å². The summed E-state index contributed by atoms with van der Waals surface area (Å²) in [5, 5.41) is 7.11. The van der Waals surface area contributed by atoms with Gasteiger partial charge < -0.3 is 25.2 Å². The second-order valence-corrected chi connectivity index (χ2v) is 9.74. The average Bonchev–Trinajstić information content (AvgIpc) is 3.26. The number of amides is 1. The summed E-state index contributed by atoms with van der Waals surface area (Å²) in [6.45, 7) is 11.0. The number of guanidine groups is 1. The Morgan fingerprint density at radius 2 is 1.75 bits per heavy atom. The monoisotopic (exact) mass is 562 g/mol. The van der Waals surface area contributed by atoms with E-state index >= 15 is 0 Å². The maximum absolute atomic E-state index is 12.4. The summed E-state index contributed by atoms with van der Waals surface area (Å²) in [5.74, 6) is 2.38. The largest absolute Gasteiger partial charge is 0.381 e. The van der Waals surface area contributed by atoms with Crippen LogP contribution in [0, 0.1) is 11.8 Å². The molecule has 1 amide bonds. The molecule has 0 aromatic heterocycles. The Balaban J connectivity index is 0.00000289. The van der Waals surface area contributed by atoms with E-state index in [2.05, 4.69) is 30.3 Å². The van der Waals surface area contributed by atoms with Gasteiger partial charge in [-0.1, -0.05) is 6.42 Å². The van der Waals surface area contributed by atoms with Crippen LogP contribution in [0.4, 0.5) is 0 Å². The molecule has 32 heavy (non-hydrogen) atoms. The molecule has 3 heterocycles. The van der Waals surface area contributed by atoms with Crippen molar-refractivity contribution in [1.29, 1.82) is 0 Å². The third-order valence-electron chi connectivity index (χ3n) is 7.55. The summed E-state index contributed by atoms with van der Waals surface area (Å²) in [7, 11) is 1.86. The highest BCUT2D eigenvalue weighted by molar-refractivity contribution is 14.0. The van der Waals surface area contributed by atoms with Crippen molar-refractivity contribution in [2.24, 2.45) is 16.8 Å². The second kappa shape index (κ2) is 13.3. The number of nitrogens with zero attached hydrogens (tertiary/aromatic N) is 4. The number of rotatable bonds is 7. The van der Waals surface area contributed by atoms with Crippen molar-refractivity contribution < 1.29 is 9.53 Å². The van der Waals surface area contributed by atoms with Gasteiger partial charge in [0.15, 0.2) is 5.96 Å². The van der Waals surface area contributed by atoms with Gasteiger partial charge in [-0.25, -0.2) is 0 Å². The molecule has 1 atom stereocenters. The molecule has 4 aliphatic rings. The molecular weight excluding hydrogens is 519 g/mol. The Bertz CT molecular complexity index is 595. The summed E-state index contributed by atoms with van der Waals surface area (Å²) in [4.78, 5) is 24.0. The van der Waals surface area contributed by atoms with E-state index in [1.807, 2.05) is 7.05 Å². The number of carbonyl (C=O) groups excluding carboxylic acids is 1. The van der Waals surface area contributed by atoms with Crippen LogP contribution in [0.25, 0.3) is 0 Å². The van der Waals surface area contributed by atoms with Gasteiger partial charge in [-0.05, 0) is 38.0 Å². The molecule has 4 fully saturated rings. The normalized spacial score (nSPS) is 26.5. The lowest BCUT2D eigenvalue weighted by Gasteiger charge is -2.38. The number of hydrogen-bond acceptors (Lipinski definition) is 5. The van der Waals surface area contributed by atoms with Crippen molar-refractivity contribution in [3.05, 3.63) is 0 Å². The van der Waals surface area contributed by atoms with E-state index in [1.54, 1.807) is 0 Å². The molecule has 3 aliphatic heterocycles. The van der Waals surface area contributed by atoms with Crippen LogP contribution in [0.15, 0.2) is 4.99 Å². The van der Waals surface area contributed by atoms with E-state index in [0.717, 1.165) is 90.3 Å². The Labute approximate surface area is 210 Å². The van der Waals surface area contributed by atoms with Crippen molar-refractivity contribution in [2.45, 2.75) is 44.6 Å². The van der Waals surface area contributed by atoms with Crippen molar-refractivity contribution in [1.82, 2.24) is 25.3 Å². The Kier molecular flexibility index (Phi) is 10.8. The number of likely N-dealkylation sites (tertiary alicyclic amines) is 1. The first-order valence-electron chi connectivity index (χ1n) is 12.5. The summed E-state index contributed by atoms with van der Waals surface area (Å²) in [6, 6.07) is 0.503. The smallest absolute Gasteiger partial charge is 0.225 e. The fourth-order valence-corrected chi connectivity index (χ4v) is 5.18. The number of aliphatic imine (C=N–C) groups is 1. The van der Waals surface area contributed by atoms with Crippen LogP contribution in [0.1, 0.15) is 38.5 Å². The van der Waals surface area contributed by atoms with Gasteiger partial charge in [0.05, 0.1) is 6.61 Å². The van der Waals surface area contributed by atoms with E-state index in [1.165, 1.54) is 32.2 Å². The maximum atomic E-state index is 12.4. The number of ether oxygens (including phenoxy) is 1. The molecule has 9 heteroatoms. The van der Waals surface area contributed by atoms with Crippen LogP contribution in [0.2, 0.25) is 0 Å². The first-order valence-corrected chi connectivity index (χ1v) is 12.5. The molecule has 184 valence electrons. The Morgan fingerprint density at radius 1 is 1.00 bits per heavy atom. The van der Waals surface area contributed by atoms with Crippen molar-refractivity contribution in [2.75, 3.05) is 79.2 Å². The third-order valence-corrected chi connectivity index (χ3v) is 7.55. The lowest BCUT2D eigenvalue weighted by atomic mass is 9.84. The minimum atomic E-state index is 0. The first kappa shape index (κ1) is 26.0. The number of halogens is 1. The molecule has 4 rings (SSSR count). The van der Waals surface area contributed by atoms with Gasteiger partial charge in [0, 0.05) is 84.5 Å². The number of hydrogen-bond donors (Lipinski definition) is 2. The van der Waals surface area contributed by atoms with Crippen LogP contribution in [-0.4, -0.2) is 112 Å². The van der Waals surface area contributed by atoms with Gasteiger partial charge in [-0.15, -0.1) is 24.0 Å². The lowest BCUT2D eigenvalue weighted by Crippen LogP contribution is -2.53. The fourth-order valence-electron chi connectivity index (χ4n) is 5.18. The van der Waals surface area contributed by atoms with Gasteiger partial charge in [0.25, 0.3) is 0 Å². The average molecular weight is 563 g/mol. The van der Waals surface area contributed by atoms with Crippen LogP contribution in [0.3, 0.4) is 0 Å². The quantitative estimate of drug-likeness (QED) is 0.276. The summed E-state index contributed by atoms with van der Waals surface area (Å²) >= 11 is 0. The number of piperazine rings is 1. The Hall–Kier alpha value is -0.650. The first-order chi connectivity index (χ1) is 15.2. The predicted octanol–water partition coefficient (Wildman–Crippen LogP) is 1.21. The molecule has 2 N–H and O–H groups in total. The van der Waals surface area contributed by atoms with Crippen LogP contribution < -0.4 is 10.6 Å². The van der Waals surface area contributed by atoms with Crippen LogP contribution in [0.5, 0.6) is 0 Å². The van der Waals surface area contributed by atoms with E-state index in [9.17, 15) is 4.79 Å². The van der Waals surface area contributed by atoms with Crippen molar-refractivity contribution >= 4 is 35.8 Å².